The highest BCUT2D eigenvalue weighted by Gasteiger charge is 2.38. The Hall–Kier alpha value is -11.7. The number of nitrogens with one attached hydrogen (secondary N) is 4. The lowest BCUT2D eigenvalue weighted by Gasteiger charge is -2.20. The summed E-state index contributed by atoms with van der Waals surface area (Å²) in [6, 6.07) is 55.1. The summed E-state index contributed by atoms with van der Waals surface area (Å²) in [5.41, 5.74) is 10.6. The Morgan fingerprint density at radius 1 is 0.491 bits per heavy atom. The normalized spacial score (nSPS) is 10.6. The summed E-state index contributed by atoms with van der Waals surface area (Å²) in [5.74, 6) is 8.11. The third kappa shape index (κ3) is 30.9. The number of halogens is 4. The molecule has 23 heteroatoms. The number of carbonyl (C=O) groups excluding carboxylic acids is 3. The Kier molecular flexibility index (Phi) is 37.1. The monoisotopic (exact) mass is 1570 g/mol. The molecule has 0 bridgehead atoms. The van der Waals surface area contributed by atoms with Crippen LogP contribution in [0, 0.1) is 37.0 Å². The van der Waals surface area contributed by atoms with Gasteiger partial charge in [-0.1, -0.05) is 166 Å². The maximum atomic E-state index is 13.4. The molecule has 9 rings (SSSR count). The number of anilines is 3. The number of hydrogen-bond donors (Lipinski definition) is 5. The van der Waals surface area contributed by atoms with Crippen LogP contribution in [-0.2, 0) is 33.9 Å². The van der Waals surface area contributed by atoms with Crippen molar-refractivity contribution in [3.8, 4) is 66.0 Å². The van der Waals surface area contributed by atoms with Crippen molar-refractivity contribution in [3.63, 3.8) is 0 Å². The fraction of sp³-hybridized carbons (Fsp3) is 0.299. The van der Waals surface area contributed by atoms with Gasteiger partial charge in [0.05, 0.1) is 44.2 Å². The van der Waals surface area contributed by atoms with Crippen LogP contribution in [0.3, 0.4) is 0 Å². The van der Waals surface area contributed by atoms with Gasteiger partial charge in [0, 0.05) is 93.9 Å². The van der Waals surface area contributed by atoms with Crippen LogP contribution >= 0.6 is 15.9 Å². The minimum atomic E-state index is -5.08. The highest BCUT2D eigenvalue weighted by molar-refractivity contribution is 9.09. The third-order valence-electron chi connectivity index (χ3n) is 15.4. The number of terminal acetylenes is 3. The molecule has 6 aromatic carbocycles. The Morgan fingerprint density at radius 2 is 0.845 bits per heavy atom. The number of aliphatic carboxylic acids is 1. The molecule has 0 unspecified atom stereocenters. The van der Waals surface area contributed by atoms with Gasteiger partial charge in [-0.15, -0.1) is 19.3 Å². The van der Waals surface area contributed by atoms with Crippen LogP contribution in [0.1, 0.15) is 162 Å². The number of ether oxygens (including phenoxy) is 7. The number of H-pyrrole nitrogens is 1. The summed E-state index contributed by atoms with van der Waals surface area (Å²) in [6.45, 7) is 22.0. The molecular formula is C87H94BrF3N6O13. The van der Waals surface area contributed by atoms with Gasteiger partial charge in [-0.05, 0) is 128 Å². The Balaban J connectivity index is 0.000000274. The molecule has 0 saturated carbocycles. The van der Waals surface area contributed by atoms with Crippen molar-refractivity contribution in [3.05, 3.63) is 259 Å². The van der Waals surface area contributed by atoms with Crippen LogP contribution < -0.4 is 45.2 Å². The molecule has 0 aliphatic carbocycles. The average Bonchev–Trinajstić information content (AvgIpc) is 0.829. The molecule has 5 N–H and O–H groups in total. The van der Waals surface area contributed by atoms with Gasteiger partial charge in [-0.2, -0.15) is 13.2 Å². The number of carbonyl (C=O) groups is 4. The number of nitrogens with zero attached hydrogens (tertiary/aromatic N) is 2. The third-order valence-corrected chi connectivity index (χ3v) is 15.8. The maximum Gasteiger partial charge on any atom is 0.490 e. The summed E-state index contributed by atoms with van der Waals surface area (Å²) < 4.78 is 69.5. The largest absolute Gasteiger partial charge is 0.490 e. The first kappa shape index (κ1) is 88.9. The van der Waals surface area contributed by atoms with Crippen LogP contribution in [0.25, 0.3) is 0 Å². The number of rotatable bonds is 31. The standard InChI is InChI=1S/C29H32N2O3.C28H30N2O4.C25H24N2O3.C3H7BrO.C2HF3O2/c1-7-17-33-24-15-16-26(30-19-23-9-8-10-27(31-23)34-29(4,5)6)25(18-24)28(32)22-13-11-21(12-14-22)20(2)3;1-5-15-33-24-13-14-26(29-19-23-7-6-8-27(30-23)34-17-16-32-4)25(18-24)28(31)22-11-9-21(10-12-22)20(2)3;1-4-14-30-21-12-13-23(26-16-20-6-5-7-24(28)27-20)22(15-21)25(29)19-10-8-18(9-11-19)17(2)3;1-5-3-2-4;3-2(4,5)1(6)7/h1,8-16,18,20,30H,17,19H2,2-6H3;1,6-14,18,20,29H,15-17,19H2,2-4H3;1,5-13,15,17,26H,14,16H2,2-3H3,(H,27,28);2-3H2,1H3;(H,6,7). The van der Waals surface area contributed by atoms with E-state index in [0.717, 1.165) is 29.0 Å². The number of hydrogen-bond acceptors (Lipinski definition) is 17. The van der Waals surface area contributed by atoms with Gasteiger partial charge in [-0.3, -0.25) is 19.2 Å². The molecular weight excluding hydrogens is 1470 g/mol. The number of ketones is 3. The Labute approximate surface area is 650 Å². The Bertz CT molecular complexity index is 4610. The molecule has 9 aromatic rings. The van der Waals surface area contributed by atoms with E-state index >= 15 is 0 Å². The first-order valence-electron chi connectivity index (χ1n) is 35.0. The van der Waals surface area contributed by atoms with Crippen LogP contribution in [-0.4, -0.2) is 114 Å². The molecule has 0 aliphatic rings. The van der Waals surface area contributed by atoms with Crippen LogP contribution in [0.15, 0.2) is 187 Å². The van der Waals surface area contributed by atoms with Crippen molar-refractivity contribution in [2.45, 2.75) is 111 Å². The van der Waals surface area contributed by atoms with Crippen LogP contribution in [0.4, 0.5) is 30.2 Å². The predicted molar refractivity (Wildman–Crippen MR) is 429 cm³/mol. The van der Waals surface area contributed by atoms with E-state index in [1.165, 1.54) is 22.8 Å². The number of methoxy groups -OCH3 is 2. The Morgan fingerprint density at radius 3 is 1.16 bits per heavy atom. The molecule has 19 nitrogen and oxygen atoms in total. The first-order valence-corrected chi connectivity index (χ1v) is 36.2. The van der Waals surface area contributed by atoms with E-state index in [-0.39, 0.29) is 48.3 Å². The number of alkyl halides is 4. The number of carboxylic acids is 1. The van der Waals surface area contributed by atoms with E-state index in [1.807, 2.05) is 142 Å². The van der Waals surface area contributed by atoms with Crippen molar-refractivity contribution in [1.82, 2.24) is 15.0 Å². The highest BCUT2D eigenvalue weighted by atomic mass is 79.9. The van der Waals surface area contributed by atoms with Crippen molar-refractivity contribution in [2.75, 3.05) is 75.1 Å². The van der Waals surface area contributed by atoms with E-state index in [2.05, 4.69) is 111 Å². The fourth-order valence-corrected chi connectivity index (χ4v) is 10.1. The van der Waals surface area contributed by atoms with Crippen molar-refractivity contribution in [1.29, 1.82) is 0 Å². The molecule has 110 heavy (non-hydrogen) atoms. The second-order valence-electron chi connectivity index (χ2n) is 26.0. The van der Waals surface area contributed by atoms with Gasteiger partial charge in [-0.25, -0.2) is 14.8 Å². The lowest BCUT2D eigenvalue weighted by molar-refractivity contribution is -0.192. The topological polar surface area (TPSA) is 248 Å². The first-order chi connectivity index (χ1) is 52.5. The quantitative estimate of drug-likeness (QED) is 0.0117. The number of benzene rings is 6. The van der Waals surface area contributed by atoms with Gasteiger partial charge in [0.2, 0.25) is 17.3 Å². The lowest BCUT2D eigenvalue weighted by atomic mass is 9.97. The minimum Gasteiger partial charge on any atom is -0.481 e. The minimum absolute atomic E-state index is 0.0956. The van der Waals surface area contributed by atoms with Crippen molar-refractivity contribution in [2.24, 2.45) is 0 Å². The number of aromatic amines is 1. The number of pyridine rings is 3. The zero-order valence-electron chi connectivity index (χ0n) is 63.6. The SMILES string of the molecule is C#CCOc1ccc(NCc2cccc(=O)[nH]2)c(C(=O)c2ccc(C(C)C)cc2)c1.C#CCOc1ccc(NCc2cccc(OC(C)(C)C)n2)c(C(=O)c2ccc(C(C)C)cc2)c1.C#CCOc1ccc(NCc2cccc(OCCOC)n2)c(C(=O)c2ccc(C(C)C)cc2)c1.COCCBr.O=C(O)C(F)(F)F. The molecule has 0 spiro atoms. The lowest BCUT2D eigenvalue weighted by Crippen LogP contribution is -2.23. The maximum absolute atomic E-state index is 13.4. The van der Waals surface area contributed by atoms with E-state index in [9.17, 15) is 32.3 Å². The molecule has 0 fully saturated rings. The molecule has 0 aliphatic heterocycles. The predicted octanol–water partition coefficient (Wildman–Crippen LogP) is 17.3. The summed E-state index contributed by atoms with van der Waals surface area (Å²) in [4.78, 5) is 72.3. The van der Waals surface area contributed by atoms with E-state index in [4.69, 9.17) is 57.6 Å². The van der Waals surface area contributed by atoms with E-state index in [0.29, 0.717) is 130 Å². The summed E-state index contributed by atoms with van der Waals surface area (Å²) in [6.07, 6.45) is 10.8. The molecule has 3 aromatic heterocycles. The van der Waals surface area contributed by atoms with Crippen molar-refractivity contribution < 1.29 is 70.6 Å². The second-order valence-corrected chi connectivity index (χ2v) is 26.8. The average molecular weight is 1570 g/mol. The molecule has 0 saturated heterocycles. The van der Waals surface area contributed by atoms with Crippen LogP contribution in [0.2, 0.25) is 0 Å². The highest BCUT2D eigenvalue weighted by Crippen LogP contribution is 2.31. The number of aromatic nitrogens is 3. The molecule has 3 heterocycles. The second kappa shape index (κ2) is 45.9. The van der Waals surface area contributed by atoms with Crippen molar-refractivity contribution >= 4 is 56.3 Å². The number of carboxylic acid groups (broad SMARTS) is 1. The zero-order chi connectivity index (χ0) is 80.8. The van der Waals surface area contributed by atoms with Gasteiger partial charge in [0.15, 0.2) is 17.3 Å². The molecule has 0 radical (unpaired) electrons. The van der Waals surface area contributed by atoms with Gasteiger partial charge < -0.3 is 59.2 Å². The smallest absolute Gasteiger partial charge is 0.481 e. The molecule has 578 valence electrons. The fourth-order valence-electron chi connectivity index (χ4n) is 9.79. The zero-order valence-corrected chi connectivity index (χ0v) is 65.2. The van der Waals surface area contributed by atoms with Gasteiger partial charge >= 0.3 is 12.1 Å². The summed E-state index contributed by atoms with van der Waals surface area (Å²) in [7, 11) is 3.30. The summed E-state index contributed by atoms with van der Waals surface area (Å²) in [5, 5.41) is 18.0. The van der Waals surface area contributed by atoms with E-state index in [1.54, 1.807) is 68.8 Å². The van der Waals surface area contributed by atoms with Gasteiger partial charge in [0.25, 0.3) is 0 Å². The molecule has 0 atom stereocenters. The summed E-state index contributed by atoms with van der Waals surface area (Å²) >= 11 is 3.18. The molecule has 0 amide bonds. The van der Waals surface area contributed by atoms with Gasteiger partial charge in [0.1, 0.15) is 49.3 Å². The van der Waals surface area contributed by atoms with Crippen LogP contribution in [0.5, 0.6) is 29.0 Å². The van der Waals surface area contributed by atoms with E-state index < -0.39 is 12.1 Å².